The molecular formula is C19H27N5O3. The molecule has 0 aliphatic carbocycles. The van der Waals surface area contributed by atoms with E-state index in [2.05, 4.69) is 20.9 Å². The van der Waals surface area contributed by atoms with Gasteiger partial charge in [-0.05, 0) is 50.3 Å². The fourth-order valence-electron chi connectivity index (χ4n) is 3.71. The lowest BCUT2D eigenvalue weighted by Crippen LogP contribution is -2.55. The molecule has 3 amide bonds. The van der Waals surface area contributed by atoms with Crippen LogP contribution < -0.4 is 16.0 Å². The number of carbonyl (C=O) groups is 2. The summed E-state index contributed by atoms with van der Waals surface area (Å²) in [7, 11) is 0. The molecule has 0 bridgehead atoms. The number of piperidine rings is 1. The second-order valence-corrected chi connectivity index (χ2v) is 7.21. The van der Waals surface area contributed by atoms with Gasteiger partial charge >= 0.3 is 6.03 Å². The van der Waals surface area contributed by atoms with Crippen LogP contribution in [0.4, 0.5) is 4.79 Å². The first-order chi connectivity index (χ1) is 12.9. The summed E-state index contributed by atoms with van der Waals surface area (Å²) in [5.41, 5.74) is 0.195. The van der Waals surface area contributed by atoms with Crippen LogP contribution in [0.25, 0.3) is 0 Å². The van der Waals surface area contributed by atoms with Crippen molar-refractivity contribution in [2.75, 3.05) is 19.6 Å². The number of rotatable bonds is 4. The van der Waals surface area contributed by atoms with Crippen LogP contribution >= 0.6 is 0 Å². The number of phenolic OH excluding ortho intramolecular Hbond substituents is 1. The predicted octanol–water partition coefficient (Wildman–Crippen LogP) is 1.17. The highest BCUT2D eigenvalue weighted by atomic mass is 16.3. The number of aromatic hydroxyl groups is 1. The maximum Gasteiger partial charge on any atom is 0.322 e. The highest BCUT2D eigenvalue weighted by molar-refractivity contribution is 6.07. The molecule has 2 fully saturated rings. The lowest BCUT2D eigenvalue weighted by molar-refractivity contribution is -0.125. The molecule has 0 aromatic heterocycles. The quantitative estimate of drug-likeness (QED) is 0.360. The highest BCUT2D eigenvalue weighted by Crippen LogP contribution is 2.30. The number of benzene rings is 1. The largest absolute Gasteiger partial charge is 0.508 e. The minimum Gasteiger partial charge on any atom is -0.508 e. The van der Waals surface area contributed by atoms with Crippen LogP contribution in [-0.2, 0) is 11.3 Å². The summed E-state index contributed by atoms with van der Waals surface area (Å²) >= 11 is 0. The van der Waals surface area contributed by atoms with E-state index in [1.165, 1.54) is 0 Å². The van der Waals surface area contributed by atoms with E-state index in [9.17, 15) is 14.7 Å². The fourth-order valence-corrected chi connectivity index (χ4v) is 3.71. The van der Waals surface area contributed by atoms with Gasteiger partial charge in [-0.1, -0.05) is 12.1 Å². The summed E-state index contributed by atoms with van der Waals surface area (Å²) in [5.74, 6) is 0.946. The van der Waals surface area contributed by atoms with Crippen LogP contribution in [0.5, 0.6) is 5.75 Å². The first-order valence-electron chi connectivity index (χ1n) is 9.37. The Morgan fingerprint density at radius 3 is 2.52 bits per heavy atom. The summed E-state index contributed by atoms with van der Waals surface area (Å²) in [6.07, 6.45) is 1.60. The number of phenols is 1. The Balaban J connectivity index is 1.63. The molecule has 146 valence electrons. The van der Waals surface area contributed by atoms with Gasteiger partial charge in [-0.15, -0.1) is 0 Å². The van der Waals surface area contributed by atoms with Crippen molar-refractivity contribution in [1.82, 2.24) is 20.9 Å². The van der Waals surface area contributed by atoms with Gasteiger partial charge in [0, 0.05) is 19.6 Å². The van der Waals surface area contributed by atoms with Crippen LogP contribution in [0.1, 0.15) is 32.3 Å². The van der Waals surface area contributed by atoms with Crippen molar-refractivity contribution >= 4 is 17.9 Å². The molecule has 2 saturated heterocycles. The van der Waals surface area contributed by atoms with Gasteiger partial charge in [0.05, 0.1) is 6.54 Å². The average Bonchev–Trinajstić information content (AvgIpc) is 2.93. The van der Waals surface area contributed by atoms with Crippen molar-refractivity contribution in [3.8, 4) is 5.75 Å². The topological polar surface area (TPSA) is 106 Å². The van der Waals surface area contributed by atoms with Gasteiger partial charge in [0.2, 0.25) is 0 Å². The lowest BCUT2D eigenvalue weighted by atomic mass is 9.79. The molecule has 2 aliphatic heterocycles. The van der Waals surface area contributed by atoms with Crippen LogP contribution in [0.2, 0.25) is 0 Å². The summed E-state index contributed by atoms with van der Waals surface area (Å²) < 4.78 is 0. The van der Waals surface area contributed by atoms with Gasteiger partial charge in [-0.2, -0.15) is 0 Å². The summed E-state index contributed by atoms with van der Waals surface area (Å²) in [6.45, 7) is 6.67. The minimum atomic E-state index is -0.829. The van der Waals surface area contributed by atoms with E-state index in [1.54, 1.807) is 19.1 Å². The van der Waals surface area contributed by atoms with Crippen molar-refractivity contribution in [2.24, 2.45) is 10.9 Å². The zero-order valence-electron chi connectivity index (χ0n) is 15.8. The van der Waals surface area contributed by atoms with Crippen LogP contribution in [0.15, 0.2) is 29.3 Å². The second kappa shape index (κ2) is 7.85. The van der Waals surface area contributed by atoms with Crippen molar-refractivity contribution < 1.29 is 14.7 Å². The van der Waals surface area contributed by atoms with Gasteiger partial charge in [0.15, 0.2) is 5.96 Å². The van der Waals surface area contributed by atoms with E-state index in [4.69, 9.17) is 4.99 Å². The number of amides is 3. The van der Waals surface area contributed by atoms with E-state index in [0.717, 1.165) is 44.0 Å². The van der Waals surface area contributed by atoms with Gasteiger partial charge in [0.1, 0.15) is 11.3 Å². The molecule has 0 radical (unpaired) electrons. The number of likely N-dealkylation sites (tertiary alicyclic amines) is 1. The zero-order valence-corrected chi connectivity index (χ0v) is 15.8. The Kier molecular flexibility index (Phi) is 5.53. The number of guanidine groups is 1. The van der Waals surface area contributed by atoms with Gasteiger partial charge in [-0.25, -0.2) is 9.79 Å². The Labute approximate surface area is 159 Å². The number of hydrogen-bond donors (Lipinski definition) is 4. The number of urea groups is 1. The molecule has 1 aromatic rings. The van der Waals surface area contributed by atoms with Crippen molar-refractivity contribution in [1.29, 1.82) is 0 Å². The molecule has 0 spiro atoms. The third-order valence-corrected chi connectivity index (χ3v) is 5.37. The third kappa shape index (κ3) is 4.15. The maximum atomic E-state index is 12.1. The first-order valence-corrected chi connectivity index (χ1v) is 9.37. The smallest absolute Gasteiger partial charge is 0.322 e. The van der Waals surface area contributed by atoms with E-state index < -0.39 is 11.6 Å². The van der Waals surface area contributed by atoms with Crippen molar-refractivity contribution in [2.45, 2.75) is 38.8 Å². The number of hydrogen-bond acceptors (Lipinski definition) is 4. The van der Waals surface area contributed by atoms with Crippen molar-refractivity contribution in [3.63, 3.8) is 0 Å². The maximum absolute atomic E-state index is 12.1. The van der Waals surface area contributed by atoms with E-state index in [0.29, 0.717) is 6.54 Å². The monoisotopic (exact) mass is 373 g/mol. The predicted molar refractivity (Wildman–Crippen MR) is 102 cm³/mol. The summed E-state index contributed by atoms with van der Waals surface area (Å²) in [6, 6.07) is 6.62. The van der Waals surface area contributed by atoms with E-state index >= 15 is 0 Å². The molecule has 8 nitrogen and oxygen atoms in total. The number of aliphatic imine (C=N–C) groups is 1. The molecule has 4 N–H and O–H groups in total. The Hall–Kier alpha value is -2.77. The second-order valence-electron chi connectivity index (χ2n) is 7.21. The molecule has 2 heterocycles. The standard InChI is InChI=1S/C19H27N5O3/c1-3-20-17(21-12-13-4-6-15(25)7-5-13)24-10-8-14(9-11-24)19(2)16(26)22-18(27)23-19/h4-7,14,25H,3,8-12H2,1-2H3,(H,20,21)(H2,22,23,26,27). The molecule has 2 aliphatic rings. The minimum absolute atomic E-state index is 0.0974. The fraction of sp³-hybridized carbons (Fsp3) is 0.526. The third-order valence-electron chi connectivity index (χ3n) is 5.37. The summed E-state index contributed by atoms with van der Waals surface area (Å²) in [5, 5.41) is 17.8. The molecule has 1 atom stereocenters. The average molecular weight is 373 g/mol. The van der Waals surface area contributed by atoms with E-state index in [-0.39, 0.29) is 17.6 Å². The van der Waals surface area contributed by atoms with Crippen molar-refractivity contribution in [3.05, 3.63) is 29.8 Å². The normalized spacial score (nSPS) is 23.9. The Morgan fingerprint density at radius 1 is 1.30 bits per heavy atom. The molecule has 1 unspecified atom stereocenters. The summed E-state index contributed by atoms with van der Waals surface area (Å²) in [4.78, 5) is 30.6. The molecule has 27 heavy (non-hydrogen) atoms. The number of imide groups is 1. The zero-order chi connectivity index (χ0) is 19.4. The van der Waals surface area contributed by atoms with Crippen LogP contribution in [0, 0.1) is 5.92 Å². The number of nitrogens with zero attached hydrogens (tertiary/aromatic N) is 2. The lowest BCUT2D eigenvalue weighted by Gasteiger charge is -2.39. The Morgan fingerprint density at radius 2 is 1.96 bits per heavy atom. The van der Waals surface area contributed by atoms with Gasteiger partial charge in [0.25, 0.3) is 5.91 Å². The molecule has 3 rings (SSSR count). The molecular weight excluding hydrogens is 346 g/mol. The molecule has 8 heteroatoms. The SMILES string of the molecule is CCNC(=NCc1ccc(O)cc1)N1CCC(C2(C)NC(=O)NC2=O)CC1. The van der Waals surface area contributed by atoms with E-state index in [1.807, 2.05) is 19.1 Å². The highest BCUT2D eigenvalue weighted by Gasteiger charge is 2.48. The van der Waals surface area contributed by atoms with Crippen LogP contribution in [-0.4, -0.2) is 53.1 Å². The molecule has 0 saturated carbocycles. The van der Waals surface area contributed by atoms with Gasteiger partial charge < -0.3 is 20.6 Å². The van der Waals surface area contributed by atoms with Gasteiger partial charge in [-0.3, -0.25) is 10.1 Å². The molecule has 1 aromatic carbocycles. The first kappa shape index (κ1) is 19.0. The number of nitrogens with one attached hydrogen (secondary N) is 3. The Bertz CT molecular complexity index is 725. The number of carbonyl (C=O) groups excluding carboxylic acids is 2. The van der Waals surface area contributed by atoms with Crippen LogP contribution in [0.3, 0.4) is 0 Å².